The van der Waals surface area contributed by atoms with Gasteiger partial charge in [0.05, 0.1) is 11.6 Å². The van der Waals surface area contributed by atoms with E-state index in [4.69, 9.17) is 10.2 Å². The van der Waals surface area contributed by atoms with Crippen LogP contribution in [0.5, 0.6) is 0 Å². The largest absolute Gasteiger partial charge is 0.466 e. The molecule has 2 atom stereocenters. The molecule has 2 amide bonds. The molecule has 1 aliphatic heterocycles. The Balaban J connectivity index is 0.00000312. The lowest BCUT2D eigenvalue weighted by molar-refractivity contribution is -0.134. The summed E-state index contributed by atoms with van der Waals surface area (Å²) >= 11 is 0. The molecule has 3 N–H and O–H groups in total. The van der Waals surface area contributed by atoms with Crippen LogP contribution in [0.2, 0.25) is 0 Å². The first-order valence-electron chi connectivity index (χ1n) is 8.75. The Kier molecular flexibility index (Phi) is 7.96. The van der Waals surface area contributed by atoms with Gasteiger partial charge < -0.3 is 20.4 Å². The molecule has 6 nitrogen and oxygen atoms in total. The lowest BCUT2D eigenvalue weighted by Crippen LogP contribution is -2.52. The Labute approximate surface area is 155 Å². The molecule has 7 heteroatoms. The maximum absolute atomic E-state index is 12.4. The van der Waals surface area contributed by atoms with Crippen molar-refractivity contribution in [2.24, 2.45) is 11.7 Å². The average Bonchev–Trinajstić information content (AvgIpc) is 2.92. The summed E-state index contributed by atoms with van der Waals surface area (Å²) < 4.78 is 5.41. The van der Waals surface area contributed by atoms with Crippen LogP contribution >= 0.6 is 12.4 Å². The van der Waals surface area contributed by atoms with Crippen molar-refractivity contribution in [3.05, 3.63) is 23.2 Å². The number of halogens is 1. The fourth-order valence-corrected chi connectivity index (χ4v) is 3.07. The third kappa shape index (κ3) is 5.22. The Hall–Kier alpha value is -1.53. The van der Waals surface area contributed by atoms with E-state index >= 15 is 0 Å². The van der Waals surface area contributed by atoms with Crippen molar-refractivity contribution in [3.8, 4) is 0 Å². The van der Waals surface area contributed by atoms with Gasteiger partial charge in [-0.2, -0.15) is 0 Å². The predicted octanol–water partition coefficient (Wildman–Crippen LogP) is 2.41. The Morgan fingerprint density at radius 1 is 1.36 bits per heavy atom. The fraction of sp³-hybridized carbons (Fsp3) is 0.667. The van der Waals surface area contributed by atoms with Crippen LogP contribution in [-0.4, -0.2) is 41.9 Å². The standard InChI is InChI=1S/C18H29N3O3.ClH/c1-5-11(2)16(19)18(23)21-8-6-14(7-9-21)20-17(22)15-10-12(3)24-13(15)4;/h10-11,14,16H,5-9,19H2,1-4H3,(H,20,22);1H. The van der Waals surface area contributed by atoms with Crippen molar-refractivity contribution in [2.75, 3.05) is 13.1 Å². The van der Waals surface area contributed by atoms with Crippen molar-refractivity contribution in [1.82, 2.24) is 10.2 Å². The average molecular weight is 372 g/mol. The molecule has 1 fully saturated rings. The second kappa shape index (κ2) is 9.25. The molecule has 1 aromatic rings. The topological polar surface area (TPSA) is 88.6 Å². The highest BCUT2D eigenvalue weighted by Crippen LogP contribution is 2.17. The summed E-state index contributed by atoms with van der Waals surface area (Å²) in [4.78, 5) is 26.6. The van der Waals surface area contributed by atoms with Crippen LogP contribution in [0.3, 0.4) is 0 Å². The molecule has 0 aliphatic carbocycles. The van der Waals surface area contributed by atoms with Crippen molar-refractivity contribution in [1.29, 1.82) is 0 Å². The van der Waals surface area contributed by atoms with Crippen molar-refractivity contribution in [3.63, 3.8) is 0 Å². The SMILES string of the molecule is CCC(C)C(N)C(=O)N1CCC(NC(=O)c2cc(C)oc2C)CC1.Cl. The van der Waals surface area contributed by atoms with Crippen LogP contribution in [0, 0.1) is 19.8 Å². The third-order valence-electron chi connectivity index (χ3n) is 4.97. The van der Waals surface area contributed by atoms with E-state index in [9.17, 15) is 9.59 Å². The molecule has 0 spiro atoms. The zero-order valence-corrected chi connectivity index (χ0v) is 16.3. The second-order valence-corrected chi connectivity index (χ2v) is 6.81. The first-order valence-corrected chi connectivity index (χ1v) is 8.75. The molecule has 142 valence electrons. The maximum atomic E-state index is 12.4. The van der Waals surface area contributed by atoms with Crippen LogP contribution in [0.1, 0.15) is 55.0 Å². The van der Waals surface area contributed by atoms with Gasteiger partial charge in [-0.3, -0.25) is 9.59 Å². The van der Waals surface area contributed by atoms with Crippen LogP contribution in [0.15, 0.2) is 10.5 Å². The molecular formula is C18H30ClN3O3. The molecule has 1 aliphatic rings. The molecule has 0 saturated carbocycles. The molecule has 2 heterocycles. The summed E-state index contributed by atoms with van der Waals surface area (Å²) in [5.74, 6) is 1.47. The van der Waals surface area contributed by atoms with E-state index < -0.39 is 6.04 Å². The Bertz CT molecular complexity index is 594. The van der Waals surface area contributed by atoms with E-state index in [0.717, 1.165) is 25.0 Å². The Morgan fingerprint density at radius 3 is 2.44 bits per heavy atom. The fourth-order valence-electron chi connectivity index (χ4n) is 3.07. The Morgan fingerprint density at radius 2 is 1.96 bits per heavy atom. The van der Waals surface area contributed by atoms with E-state index in [1.54, 1.807) is 13.0 Å². The smallest absolute Gasteiger partial charge is 0.255 e. The first-order chi connectivity index (χ1) is 11.3. The number of nitrogens with one attached hydrogen (secondary N) is 1. The third-order valence-corrected chi connectivity index (χ3v) is 4.97. The van der Waals surface area contributed by atoms with E-state index in [1.165, 1.54) is 0 Å². The molecule has 2 unspecified atom stereocenters. The van der Waals surface area contributed by atoms with E-state index in [0.29, 0.717) is 24.4 Å². The summed E-state index contributed by atoms with van der Waals surface area (Å²) in [5, 5.41) is 3.04. The van der Waals surface area contributed by atoms with Gasteiger partial charge in [-0.15, -0.1) is 12.4 Å². The predicted molar refractivity (Wildman–Crippen MR) is 99.9 cm³/mol. The van der Waals surface area contributed by atoms with Gasteiger partial charge in [-0.05, 0) is 38.7 Å². The number of nitrogens with two attached hydrogens (primary N) is 1. The van der Waals surface area contributed by atoms with Gasteiger partial charge in [-0.1, -0.05) is 20.3 Å². The number of amides is 2. The van der Waals surface area contributed by atoms with Gasteiger partial charge in [0.15, 0.2) is 0 Å². The highest BCUT2D eigenvalue weighted by Gasteiger charge is 2.29. The van der Waals surface area contributed by atoms with E-state index in [1.807, 2.05) is 25.7 Å². The summed E-state index contributed by atoms with van der Waals surface area (Å²) in [6, 6.07) is 1.41. The summed E-state index contributed by atoms with van der Waals surface area (Å²) in [6.07, 6.45) is 2.39. The monoisotopic (exact) mass is 371 g/mol. The van der Waals surface area contributed by atoms with Crippen molar-refractivity contribution < 1.29 is 14.0 Å². The number of carbonyl (C=O) groups excluding carboxylic acids is 2. The van der Waals surface area contributed by atoms with Gasteiger partial charge in [0.25, 0.3) is 5.91 Å². The quantitative estimate of drug-likeness (QED) is 0.831. The number of aryl methyl sites for hydroxylation is 2. The zero-order valence-electron chi connectivity index (χ0n) is 15.5. The van der Waals surface area contributed by atoms with Crippen molar-refractivity contribution in [2.45, 2.75) is 59.0 Å². The minimum Gasteiger partial charge on any atom is -0.466 e. The summed E-state index contributed by atoms with van der Waals surface area (Å²) in [7, 11) is 0. The summed E-state index contributed by atoms with van der Waals surface area (Å²) in [6.45, 7) is 8.94. The molecule has 1 aromatic heterocycles. The highest BCUT2D eigenvalue weighted by atomic mass is 35.5. The molecular weight excluding hydrogens is 342 g/mol. The molecule has 2 rings (SSSR count). The summed E-state index contributed by atoms with van der Waals surface area (Å²) in [5.41, 5.74) is 6.63. The number of furan rings is 1. The zero-order chi connectivity index (χ0) is 17.9. The van der Waals surface area contributed by atoms with Gasteiger partial charge >= 0.3 is 0 Å². The maximum Gasteiger partial charge on any atom is 0.255 e. The van der Waals surface area contributed by atoms with Gasteiger partial charge in [-0.25, -0.2) is 0 Å². The first kappa shape index (κ1) is 21.5. The normalized spacial score (nSPS) is 17.6. The lowest BCUT2D eigenvalue weighted by atomic mass is 9.97. The van der Waals surface area contributed by atoms with E-state index in [2.05, 4.69) is 5.32 Å². The number of hydrogen-bond acceptors (Lipinski definition) is 4. The molecule has 1 saturated heterocycles. The highest BCUT2D eigenvalue weighted by molar-refractivity contribution is 5.95. The number of likely N-dealkylation sites (tertiary alicyclic amines) is 1. The minimum atomic E-state index is -0.433. The second-order valence-electron chi connectivity index (χ2n) is 6.81. The number of piperidine rings is 1. The number of hydrogen-bond donors (Lipinski definition) is 2. The number of rotatable bonds is 5. The van der Waals surface area contributed by atoms with Gasteiger partial charge in [0.2, 0.25) is 5.91 Å². The van der Waals surface area contributed by atoms with Crippen LogP contribution < -0.4 is 11.1 Å². The van der Waals surface area contributed by atoms with Crippen LogP contribution in [0.4, 0.5) is 0 Å². The van der Waals surface area contributed by atoms with Gasteiger partial charge in [0, 0.05) is 19.1 Å². The van der Waals surface area contributed by atoms with E-state index in [-0.39, 0.29) is 36.2 Å². The van der Waals surface area contributed by atoms with Crippen LogP contribution in [0.25, 0.3) is 0 Å². The number of carbonyl (C=O) groups is 2. The van der Waals surface area contributed by atoms with Gasteiger partial charge in [0.1, 0.15) is 11.5 Å². The molecule has 25 heavy (non-hydrogen) atoms. The molecule has 0 bridgehead atoms. The minimum absolute atomic E-state index is 0. The molecule has 0 radical (unpaired) electrons. The van der Waals surface area contributed by atoms with Crippen LogP contribution in [-0.2, 0) is 4.79 Å². The molecule has 0 aromatic carbocycles. The lowest BCUT2D eigenvalue weighted by Gasteiger charge is -2.34. The number of nitrogens with zero attached hydrogens (tertiary/aromatic N) is 1. The van der Waals surface area contributed by atoms with Crippen molar-refractivity contribution >= 4 is 24.2 Å².